The van der Waals surface area contributed by atoms with Gasteiger partial charge in [-0.3, -0.25) is 24.0 Å². The molecule has 2 aromatic rings. The number of benzene rings is 1. The van der Waals surface area contributed by atoms with E-state index in [0.717, 1.165) is 4.90 Å². The largest absolute Gasteiger partial charge is 0.305 e. The molecule has 2 heterocycles. The molecule has 1 aliphatic heterocycles. The minimum atomic E-state index is -0.400. The second-order valence-corrected chi connectivity index (χ2v) is 4.76. The van der Waals surface area contributed by atoms with Gasteiger partial charge in [-0.05, 0) is 18.2 Å². The van der Waals surface area contributed by atoms with Crippen molar-refractivity contribution in [2.24, 2.45) is 7.05 Å². The molecule has 3 rings (SSSR count). The first-order valence-electron chi connectivity index (χ1n) is 6.25. The number of nitrogens with zero attached hydrogens (tertiary/aromatic N) is 3. The van der Waals surface area contributed by atoms with Crippen LogP contribution in [0.3, 0.4) is 0 Å². The average molecular weight is 284 g/mol. The third-order valence-electron chi connectivity index (χ3n) is 3.31. The molecule has 0 saturated heterocycles. The number of rotatable bonds is 2. The van der Waals surface area contributed by atoms with E-state index in [0.29, 0.717) is 16.9 Å². The first kappa shape index (κ1) is 13.0. The molecule has 7 heteroatoms. The van der Waals surface area contributed by atoms with Gasteiger partial charge in [0, 0.05) is 31.9 Å². The normalized spacial score (nSPS) is 13.5. The molecule has 0 fully saturated rings. The van der Waals surface area contributed by atoms with E-state index < -0.39 is 5.91 Å². The minimum Gasteiger partial charge on any atom is -0.305 e. The predicted molar refractivity (Wildman–Crippen MR) is 74.0 cm³/mol. The standard InChI is InChI=1S/C14H12N4O3/c1-17-6-5-11(16-17)15-12(19)8-3-4-9-10(7-8)14(21)18(2)13(9)20/h3-7H,1-2H3,(H,15,16,19). The van der Waals surface area contributed by atoms with Crippen LogP contribution >= 0.6 is 0 Å². The Kier molecular flexibility index (Phi) is 2.83. The molecule has 1 aliphatic rings. The van der Waals surface area contributed by atoms with Crippen LogP contribution in [0.1, 0.15) is 31.1 Å². The van der Waals surface area contributed by atoms with Crippen molar-refractivity contribution in [1.82, 2.24) is 14.7 Å². The first-order valence-corrected chi connectivity index (χ1v) is 6.25. The molecule has 0 spiro atoms. The van der Waals surface area contributed by atoms with Crippen molar-refractivity contribution in [1.29, 1.82) is 0 Å². The lowest BCUT2D eigenvalue weighted by molar-refractivity contribution is 0.0693. The lowest BCUT2D eigenvalue weighted by Crippen LogP contribution is -2.24. The predicted octanol–water partition coefficient (Wildman–Crippen LogP) is 0.898. The molecule has 0 atom stereocenters. The molecule has 106 valence electrons. The monoisotopic (exact) mass is 284 g/mol. The summed E-state index contributed by atoms with van der Waals surface area (Å²) in [7, 11) is 3.16. The number of nitrogens with one attached hydrogen (secondary N) is 1. The molecule has 1 N–H and O–H groups in total. The molecule has 0 bridgehead atoms. The maximum absolute atomic E-state index is 12.1. The average Bonchev–Trinajstić information content (AvgIpc) is 2.97. The molecule has 0 aliphatic carbocycles. The van der Waals surface area contributed by atoms with E-state index in [1.54, 1.807) is 24.0 Å². The van der Waals surface area contributed by atoms with Crippen LogP contribution in [0.4, 0.5) is 5.82 Å². The van der Waals surface area contributed by atoms with E-state index in [2.05, 4.69) is 10.4 Å². The Morgan fingerprint density at radius 1 is 1.10 bits per heavy atom. The van der Waals surface area contributed by atoms with Gasteiger partial charge in [-0.15, -0.1) is 0 Å². The number of fused-ring (bicyclic) bond motifs is 1. The van der Waals surface area contributed by atoms with Gasteiger partial charge < -0.3 is 5.32 Å². The second-order valence-electron chi connectivity index (χ2n) is 4.76. The summed E-state index contributed by atoms with van der Waals surface area (Å²) in [6.45, 7) is 0. The Balaban J connectivity index is 1.89. The van der Waals surface area contributed by atoms with Gasteiger partial charge in [-0.25, -0.2) is 0 Å². The second kappa shape index (κ2) is 4.55. The zero-order valence-electron chi connectivity index (χ0n) is 11.5. The molecule has 1 aromatic heterocycles. The number of aryl methyl sites for hydroxylation is 1. The van der Waals surface area contributed by atoms with Crippen LogP contribution in [0.25, 0.3) is 0 Å². The Hall–Kier alpha value is -2.96. The third kappa shape index (κ3) is 2.08. The number of aromatic nitrogens is 2. The van der Waals surface area contributed by atoms with Gasteiger partial charge in [-0.1, -0.05) is 0 Å². The fourth-order valence-corrected chi connectivity index (χ4v) is 2.17. The van der Waals surface area contributed by atoms with E-state index in [-0.39, 0.29) is 17.4 Å². The van der Waals surface area contributed by atoms with Crippen LogP contribution < -0.4 is 5.32 Å². The van der Waals surface area contributed by atoms with Crippen LogP contribution in [0.2, 0.25) is 0 Å². The van der Waals surface area contributed by atoms with Crippen LogP contribution in [0.15, 0.2) is 30.5 Å². The zero-order chi connectivity index (χ0) is 15.1. The highest BCUT2D eigenvalue weighted by Gasteiger charge is 2.33. The first-order chi connectivity index (χ1) is 9.97. The molecule has 0 saturated carbocycles. The summed E-state index contributed by atoms with van der Waals surface area (Å²) in [5.74, 6) is -0.719. The van der Waals surface area contributed by atoms with Gasteiger partial charge in [-0.2, -0.15) is 5.10 Å². The van der Waals surface area contributed by atoms with Gasteiger partial charge in [0.15, 0.2) is 5.82 Å². The van der Waals surface area contributed by atoms with E-state index in [4.69, 9.17) is 0 Å². The molecular formula is C14H12N4O3. The van der Waals surface area contributed by atoms with E-state index in [9.17, 15) is 14.4 Å². The summed E-state index contributed by atoms with van der Waals surface area (Å²) in [6, 6.07) is 6.10. The zero-order valence-corrected chi connectivity index (χ0v) is 11.5. The topological polar surface area (TPSA) is 84.3 Å². The highest BCUT2D eigenvalue weighted by atomic mass is 16.2. The Bertz CT molecular complexity index is 778. The van der Waals surface area contributed by atoms with Gasteiger partial charge in [0.2, 0.25) is 0 Å². The number of carbonyl (C=O) groups excluding carboxylic acids is 3. The van der Waals surface area contributed by atoms with Gasteiger partial charge in [0.1, 0.15) is 0 Å². The summed E-state index contributed by atoms with van der Waals surface area (Å²) in [4.78, 5) is 36.8. The Morgan fingerprint density at radius 2 is 1.81 bits per heavy atom. The van der Waals surface area contributed by atoms with Crippen LogP contribution in [0.5, 0.6) is 0 Å². The van der Waals surface area contributed by atoms with Crippen molar-refractivity contribution in [2.75, 3.05) is 12.4 Å². The highest BCUT2D eigenvalue weighted by molar-refractivity contribution is 6.22. The summed E-state index contributed by atoms with van der Waals surface area (Å²) in [5, 5.41) is 6.67. The maximum atomic E-state index is 12.1. The number of hydrogen-bond donors (Lipinski definition) is 1. The Morgan fingerprint density at radius 3 is 2.48 bits per heavy atom. The van der Waals surface area contributed by atoms with E-state index in [1.807, 2.05) is 0 Å². The SMILES string of the molecule is CN1C(=O)c2ccc(C(=O)Nc3ccn(C)n3)cc2C1=O. The molecule has 7 nitrogen and oxygen atoms in total. The number of hydrogen-bond acceptors (Lipinski definition) is 4. The quantitative estimate of drug-likeness (QED) is 0.830. The van der Waals surface area contributed by atoms with Crippen molar-refractivity contribution in [2.45, 2.75) is 0 Å². The van der Waals surface area contributed by atoms with Crippen LogP contribution in [-0.4, -0.2) is 39.4 Å². The van der Waals surface area contributed by atoms with Crippen LogP contribution in [0, 0.1) is 0 Å². The number of imide groups is 1. The van der Waals surface area contributed by atoms with Crippen LogP contribution in [-0.2, 0) is 7.05 Å². The molecule has 21 heavy (non-hydrogen) atoms. The lowest BCUT2D eigenvalue weighted by atomic mass is 10.1. The lowest BCUT2D eigenvalue weighted by Gasteiger charge is -2.03. The summed E-state index contributed by atoms with van der Waals surface area (Å²) < 4.78 is 1.56. The molecule has 1 aromatic carbocycles. The van der Waals surface area contributed by atoms with Crippen molar-refractivity contribution < 1.29 is 14.4 Å². The van der Waals surface area contributed by atoms with E-state index >= 15 is 0 Å². The molecule has 0 unspecified atom stereocenters. The molecule has 3 amide bonds. The third-order valence-corrected chi connectivity index (χ3v) is 3.31. The van der Waals surface area contributed by atoms with Crippen molar-refractivity contribution in [3.05, 3.63) is 47.2 Å². The molecular weight excluding hydrogens is 272 g/mol. The van der Waals surface area contributed by atoms with Crippen molar-refractivity contribution >= 4 is 23.5 Å². The van der Waals surface area contributed by atoms with E-state index in [1.165, 1.54) is 25.2 Å². The van der Waals surface area contributed by atoms with Gasteiger partial charge in [0.25, 0.3) is 17.7 Å². The van der Waals surface area contributed by atoms with Gasteiger partial charge >= 0.3 is 0 Å². The fraction of sp³-hybridized carbons (Fsp3) is 0.143. The number of anilines is 1. The highest BCUT2D eigenvalue weighted by Crippen LogP contribution is 2.23. The fourth-order valence-electron chi connectivity index (χ4n) is 2.17. The van der Waals surface area contributed by atoms with Crippen molar-refractivity contribution in [3.63, 3.8) is 0 Å². The minimum absolute atomic E-state index is 0.246. The number of carbonyl (C=O) groups is 3. The summed E-state index contributed by atoms with van der Waals surface area (Å²) >= 11 is 0. The molecule has 0 radical (unpaired) electrons. The van der Waals surface area contributed by atoms with Gasteiger partial charge in [0.05, 0.1) is 11.1 Å². The summed E-state index contributed by atoms with van der Waals surface area (Å²) in [5.41, 5.74) is 0.865. The summed E-state index contributed by atoms with van der Waals surface area (Å²) in [6.07, 6.45) is 1.70. The Labute approximate surface area is 120 Å². The number of amides is 3. The van der Waals surface area contributed by atoms with Crippen molar-refractivity contribution in [3.8, 4) is 0 Å². The maximum Gasteiger partial charge on any atom is 0.261 e. The smallest absolute Gasteiger partial charge is 0.261 e.